The number of nitrogens with zero attached hydrogens (tertiary/aromatic N) is 2. The molecule has 2 aliphatic rings. The fourth-order valence-corrected chi connectivity index (χ4v) is 4.62. The molecule has 32 heavy (non-hydrogen) atoms. The Hall–Kier alpha value is -3.19. The number of hydrogen-bond donors (Lipinski definition) is 0. The molecular formula is C25H28N2O5. The normalized spacial score (nSPS) is 18.4. The van der Waals surface area contributed by atoms with Crippen LogP contribution >= 0.6 is 0 Å². The first-order chi connectivity index (χ1) is 15.8. The lowest BCUT2D eigenvalue weighted by Gasteiger charge is -2.29. The van der Waals surface area contributed by atoms with Crippen LogP contribution in [0.2, 0.25) is 0 Å². The third kappa shape index (κ3) is 4.00. The monoisotopic (exact) mass is 436 g/mol. The van der Waals surface area contributed by atoms with Crippen molar-refractivity contribution in [2.75, 3.05) is 27.6 Å². The summed E-state index contributed by atoms with van der Waals surface area (Å²) in [6.45, 7) is 2.01. The van der Waals surface area contributed by atoms with Gasteiger partial charge in [0.15, 0.2) is 28.8 Å². The number of benzene rings is 2. The van der Waals surface area contributed by atoms with Gasteiger partial charge in [-0.25, -0.2) is 0 Å². The molecule has 0 N–H and O–H groups in total. The summed E-state index contributed by atoms with van der Waals surface area (Å²) in [6.07, 6.45) is 4.59. The van der Waals surface area contributed by atoms with Crippen molar-refractivity contribution in [3.63, 3.8) is 0 Å². The molecule has 1 unspecified atom stereocenters. The first kappa shape index (κ1) is 20.7. The van der Waals surface area contributed by atoms with Crippen LogP contribution in [-0.2, 0) is 6.54 Å². The molecule has 1 aromatic heterocycles. The largest absolute Gasteiger partial charge is 0.493 e. The van der Waals surface area contributed by atoms with E-state index in [0.717, 1.165) is 71.5 Å². The van der Waals surface area contributed by atoms with Gasteiger partial charge in [0.1, 0.15) is 5.69 Å². The maximum atomic E-state index is 5.77. The van der Waals surface area contributed by atoms with E-state index in [1.54, 1.807) is 14.2 Å². The fourth-order valence-electron chi connectivity index (χ4n) is 4.62. The molecule has 168 valence electrons. The van der Waals surface area contributed by atoms with Gasteiger partial charge in [0.25, 0.3) is 0 Å². The summed E-state index contributed by atoms with van der Waals surface area (Å²) in [5.74, 6) is 3.78. The summed E-state index contributed by atoms with van der Waals surface area (Å²) < 4.78 is 27.9. The van der Waals surface area contributed by atoms with Crippen LogP contribution in [0.15, 0.2) is 47.0 Å². The highest BCUT2D eigenvalue weighted by atomic mass is 16.7. The second-order valence-corrected chi connectivity index (χ2v) is 8.17. The molecule has 0 bridgehead atoms. The van der Waals surface area contributed by atoms with Crippen molar-refractivity contribution >= 4 is 0 Å². The third-order valence-corrected chi connectivity index (χ3v) is 6.25. The predicted octanol–water partition coefficient (Wildman–Crippen LogP) is 5.20. The smallest absolute Gasteiger partial charge is 0.231 e. The van der Waals surface area contributed by atoms with Gasteiger partial charge in [-0.1, -0.05) is 30.1 Å². The molecule has 0 saturated carbocycles. The number of hydrogen-bond acceptors (Lipinski definition) is 7. The standard InChI is InChI=1S/C25H28N2O5/c1-28-22-9-6-7-18(25(22)29-2)15-27-12-5-3-4-8-20(27)19-14-23(32-26-19)17-10-11-21-24(13-17)31-16-30-21/h6-7,9-11,13-14,20H,3-5,8,12,15-16H2,1-2H3. The van der Waals surface area contributed by atoms with Gasteiger partial charge in [-0.3, -0.25) is 4.90 Å². The third-order valence-electron chi connectivity index (χ3n) is 6.25. The van der Waals surface area contributed by atoms with E-state index >= 15 is 0 Å². The van der Waals surface area contributed by atoms with E-state index in [-0.39, 0.29) is 12.8 Å². The Morgan fingerprint density at radius 2 is 1.91 bits per heavy atom. The second kappa shape index (κ2) is 9.12. The summed E-state index contributed by atoms with van der Waals surface area (Å²) in [5.41, 5.74) is 3.00. The fraction of sp³-hybridized carbons (Fsp3) is 0.400. The minimum atomic E-state index is 0.180. The first-order valence-corrected chi connectivity index (χ1v) is 11.1. The van der Waals surface area contributed by atoms with E-state index < -0.39 is 0 Å². The summed E-state index contributed by atoms with van der Waals surface area (Å²) in [5, 5.41) is 4.47. The molecule has 7 heteroatoms. The van der Waals surface area contributed by atoms with Crippen LogP contribution in [0.4, 0.5) is 0 Å². The Bertz CT molecular complexity index is 1080. The minimum Gasteiger partial charge on any atom is -0.493 e. The van der Waals surface area contributed by atoms with E-state index in [4.69, 9.17) is 23.5 Å². The highest BCUT2D eigenvalue weighted by Crippen LogP contribution is 2.39. The molecular weight excluding hydrogens is 408 g/mol. The molecule has 3 aromatic rings. The molecule has 0 spiro atoms. The summed E-state index contributed by atoms with van der Waals surface area (Å²) in [4.78, 5) is 2.48. The first-order valence-electron chi connectivity index (χ1n) is 11.1. The number of aromatic nitrogens is 1. The van der Waals surface area contributed by atoms with Crippen LogP contribution in [0, 0.1) is 0 Å². The Labute approximate surface area is 187 Å². The summed E-state index contributed by atoms with van der Waals surface area (Å²) >= 11 is 0. The average molecular weight is 437 g/mol. The molecule has 1 saturated heterocycles. The van der Waals surface area contributed by atoms with Crippen molar-refractivity contribution < 1.29 is 23.5 Å². The van der Waals surface area contributed by atoms with Gasteiger partial charge < -0.3 is 23.5 Å². The molecule has 1 fully saturated rings. The number of methoxy groups -OCH3 is 2. The Kier molecular flexibility index (Phi) is 5.90. The minimum absolute atomic E-state index is 0.180. The second-order valence-electron chi connectivity index (χ2n) is 8.17. The van der Waals surface area contributed by atoms with Crippen molar-refractivity contribution in [3.05, 3.63) is 53.7 Å². The van der Waals surface area contributed by atoms with Gasteiger partial charge in [-0.2, -0.15) is 0 Å². The van der Waals surface area contributed by atoms with Gasteiger partial charge in [0, 0.05) is 23.7 Å². The van der Waals surface area contributed by atoms with Crippen LogP contribution in [0.25, 0.3) is 11.3 Å². The van der Waals surface area contributed by atoms with Crippen molar-refractivity contribution in [1.82, 2.24) is 10.1 Å². The van der Waals surface area contributed by atoms with Gasteiger partial charge in [0.2, 0.25) is 6.79 Å². The molecule has 2 aromatic carbocycles. The van der Waals surface area contributed by atoms with Crippen LogP contribution < -0.4 is 18.9 Å². The van der Waals surface area contributed by atoms with Crippen LogP contribution in [0.3, 0.4) is 0 Å². The Balaban J connectivity index is 1.42. The maximum Gasteiger partial charge on any atom is 0.231 e. The average Bonchev–Trinajstić information content (AvgIpc) is 3.44. The van der Waals surface area contributed by atoms with Gasteiger partial charge in [-0.05, 0) is 43.7 Å². The topological polar surface area (TPSA) is 66.2 Å². The predicted molar refractivity (Wildman–Crippen MR) is 119 cm³/mol. The van der Waals surface area contributed by atoms with Crippen molar-refractivity contribution in [1.29, 1.82) is 0 Å². The lowest BCUT2D eigenvalue weighted by Crippen LogP contribution is -2.28. The zero-order valence-corrected chi connectivity index (χ0v) is 18.5. The maximum absolute atomic E-state index is 5.77. The van der Waals surface area contributed by atoms with Crippen LogP contribution in [0.1, 0.15) is 43.0 Å². The molecule has 0 radical (unpaired) electrons. The summed E-state index contributed by atoms with van der Waals surface area (Å²) in [6, 6.07) is 14.1. The molecule has 7 nitrogen and oxygen atoms in total. The van der Waals surface area contributed by atoms with Gasteiger partial charge in [0.05, 0.1) is 20.3 Å². The van der Waals surface area contributed by atoms with E-state index in [0.29, 0.717) is 0 Å². The molecule has 2 aliphatic heterocycles. The molecule has 0 aliphatic carbocycles. The highest BCUT2D eigenvalue weighted by Gasteiger charge is 2.27. The van der Waals surface area contributed by atoms with Gasteiger partial charge >= 0.3 is 0 Å². The van der Waals surface area contributed by atoms with Gasteiger partial charge in [-0.15, -0.1) is 0 Å². The molecule has 5 rings (SSSR count). The number of fused-ring (bicyclic) bond motifs is 1. The van der Waals surface area contributed by atoms with E-state index in [2.05, 4.69) is 22.2 Å². The Morgan fingerprint density at radius 3 is 2.78 bits per heavy atom. The zero-order chi connectivity index (χ0) is 21.9. The van der Waals surface area contributed by atoms with Crippen molar-refractivity contribution in [2.24, 2.45) is 0 Å². The van der Waals surface area contributed by atoms with E-state index in [1.165, 1.54) is 12.8 Å². The SMILES string of the molecule is COc1cccc(CN2CCCCCC2c2cc(-c3ccc4c(c3)OCO4)on2)c1OC. The molecule has 0 amide bonds. The Morgan fingerprint density at radius 1 is 1.00 bits per heavy atom. The number of likely N-dealkylation sites (tertiary alicyclic amines) is 1. The quantitative estimate of drug-likeness (QED) is 0.526. The van der Waals surface area contributed by atoms with E-state index in [9.17, 15) is 0 Å². The lowest BCUT2D eigenvalue weighted by molar-refractivity contribution is 0.174. The van der Waals surface area contributed by atoms with Crippen LogP contribution in [0.5, 0.6) is 23.0 Å². The zero-order valence-electron chi connectivity index (χ0n) is 18.5. The lowest BCUT2D eigenvalue weighted by atomic mass is 10.0. The molecule has 1 atom stereocenters. The van der Waals surface area contributed by atoms with Crippen LogP contribution in [-0.4, -0.2) is 37.6 Å². The number of rotatable bonds is 6. The van der Waals surface area contributed by atoms with Crippen molar-refractivity contribution in [3.8, 4) is 34.3 Å². The van der Waals surface area contributed by atoms with E-state index in [1.807, 2.05) is 30.3 Å². The number of ether oxygens (including phenoxy) is 4. The number of para-hydroxylation sites is 1. The van der Waals surface area contributed by atoms with Crippen molar-refractivity contribution in [2.45, 2.75) is 38.3 Å². The highest BCUT2D eigenvalue weighted by molar-refractivity contribution is 5.63. The molecule has 3 heterocycles. The summed E-state index contributed by atoms with van der Waals surface area (Å²) in [7, 11) is 3.36.